The number of imidazole rings is 1. The number of rotatable bonds is 9. The molecular formula is C24H30N4O3. The SMILES string of the molecule is CCC(C)C(NC(=O)CC(NC(C)=O)c1ccc(OC)cc1)c1nc2ccccc2[nH]1. The van der Waals surface area contributed by atoms with Gasteiger partial charge in [0.25, 0.3) is 0 Å². The van der Waals surface area contributed by atoms with Gasteiger partial charge in [-0.15, -0.1) is 0 Å². The highest BCUT2D eigenvalue weighted by molar-refractivity contribution is 5.80. The zero-order valence-corrected chi connectivity index (χ0v) is 18.4. The summed E-state index contributed by atoms with van der Waals surface area (Å²) in [4.78, 5) is 32.8. The summed E-state index contributed by atoms with van der Waals surface area (Å²) < 4.78 is 5.20. The molecule has 1 aromatic heterocycles. The van der Waals surface area contributed by atoms with E-state index in [-0.39, 0.29) is 30.2 Å². The van der Waals surface area contributed by atoms with Crippen LogP contribution in [0.25, 0.3) is 11.0 Å². The van der Waals surface area contributed by atoms with E-state index in [4.69, 9.17) is 4.74 Å². The summed E-state index contributed by atoms with van der Waals surface area (Å²) in [5, 5.41) is 6.01. The van der Waals surface area contributed by atoms with Crippen molar-refractivity contribution >= 4 is 22.8 Å². The van der Waals surface area contributed by atoms with Crippen LogP contribution in [-0.4, -0.2) is 28.9 Å². The zero-order valence-electron chi connectivity index (χ0n) is 18.4. The maximum absolute atomic E-state index is 13.0. The lowest BCUT2D eigenvalue weighted by atomic mass is 9.97. The summed E-state index contributed by atoms with van der Waals surface area (Å²) in [5.41, 5.74) is 2.65. The van der Waals surface area contributed by atoms with Gasteiger partial charge in [-0.1, -0.05) is 44.5 Å². The molecule has 2 amide bonds. The van der Waals surface area contributed by atoms with Gasteiger partial charge in [0.15, 0.2) is 0 Å². The van der Waals surface area contributed by atoms with Gasteiger partial charge in [0.05, 0.1) is 36.6 Å². The highest BCUT2D eigenvalue weighted by atomic mass is 16.5. The number of hydrogen-bond donors (Lipinski definition) is 3. The van der Waals surface area contributed by atoms with Crippen molar-refractivity contribution in [2.75, 3.05) is 7.11 Å². The number of aromatic amines is 1. The molecule has 0 bridgehead atoms. The van der Waals surface area contributed by atoms with E-state index in [1.54, 1.807) is 7.11 Å². The molecule has 3 aromatic rings. The molecule has 0 fully saturated rings. The van der Waals surface area contributed by atoms with Gasteiger partial charge in [0, 0.05) is 6.92 Å². The van der Waals surface area contributed by atoms with E-state index in [0.29, 0.717) is 0 Å². The lowest BCUT2D eigenvalue weighted by Crippen LogP contribution is -2.36. The summed E-state index contributed by atoms with van der Waals surface area (Å²) in [6, 6.07) is 14.5. The van der Waals surface area contributed by atoms with Crippen LogP contribution in [0.1, 0.15) is 57.1 Å². The minimum Gasteiger partial charge on any atom is -0.497 e. The predicted molar refractivity (Wildman–Crippen MR) is 121 cm³/mol. The van der Waals surface area contributed by atoms with Crippen molar-refractivity contribution in [1.29, 1.82) is 0 Å². The second kappa shape index (κ2) is 10.1. The number of nitrogens with zero attached hydrogens (tertiary/aromatic N) is 1. The normalized spacial score (nSPS) is 13.9. The van der Waals surface area contributed by atoms with Crippen molar-refractivity contribution in [3.8, 4) is 5.75 Å². The number of para-hydroxylation sites is 2. The van der Waals surface area contributed by atoms with Crippen molar-refractivity contribution in [2.45, 2.75) is 45.7 Å². The fourth-order valence-corrected chi connectivity index (χ4v) is 3.59. The van der Waals surface area contributed by atoms with E-state index >= 15 is 0 Å². The molecule has 3 N–H and O–H groups in total. The molecule has 7 heteroatoms. The number of hydrogen-bond acceptors (Lipinski definition) is 4. The number of carbonyl (C=O) groups excluding carboxylic acids is 2. The van der Waals surface area contributed by atoms with Crippen LogP contribution in [0.2, 0.25) is 0 Å². The van der Waals surface area contributed by atoms with Gasteiger partial charge >= 0.3 is 0 Å². The van der Waals surface area contributed by atoms with Crippen LogP contribution in [0.5, 0.6) is 5.75 Å². The molecule has 1 heterocycles. The number of methoxy groups -OCH3 is 1. The Morgan fingerprint density at radius 2 is 1.81 bits per heavy atom. The van der Waals surface area contributed by atoms with E-state index in [1.807, 2.05) is 48.5 Å². The van der Waals surface area contributed by atoms with Crippen LogP contribution in [0.4, 0.5) is 0 Å². The minimum atomic E-state index is -0.434. The number of nitrogens with one attached hydrogen (secondary N) is 3. The largest absolute Gasteiger partial charge is 0.497 e. The number of ether oxygens (including phenoxy) is 1. The first-order chi connectivity index (χ1) is 14.9. The van der Waals surface area contributed by atoms with Crippen LogP contribution in [0.15, 0.2) is 48.5 Å². The third-order valence-electron chi connectivity index (χ3n) is 5.52. The van der Waals surface area contributed by atoms with Crippen LogP contribution < -0.4 is 15.4 Å². The van der Waals surface area contributed by atoms with Crippen LogP contribution >= 0.6 is 0 Å². The molecule has 0 aliphatic carbocycles. The first-order valence-electron chi connectivity index (χ1n) is 10.6. The molecule has 3 rings (SSSR count). The first kappa shape index (κ1) is 22.3. The van der Waals surface area contributed by atoms with E-state index in [2.05, 4.69) is 34.4 Å². The maximum atomic E-state index is 13.0. The van der Waals surface area contributed by atoms with Crippen LogP contribution in [-0.2, 0) is 9.59 Å². The Kier molecular flexibility index (Phi) is 7.28. The highest BCUT2D eigenvalue weighted by Gasteiger charge is 2.25. The molecule has 0 spiro atoms. The predicted octanol–water partition coefficient (Wildman–Crippen LogP) is 4.04. The number of fused-ring (bicyclic) bond motifs is 1. The number of amides is 2. The smallest absolute Gasteiger partial charge is 0.223 e. The Labute approximate surface area is 182 Å². The van der Waals surface area contributed by atoms with Crippen LogP contribution in [0.3, 0.4) is 0 Å². The fourth-order valence-electron chi connectivity index (χ4n) is 3.59. The molecule has 0 saturated carbocycles. The van der Waals surface area contributed by atoms with E-state index in [0.717, 1.165) is 34.6 Å². The number of benzene rings is 2. The van der Waals surface area contributed by atoms with Gasteiger partial charge in [-0.2, -0.15) is 0 Å². The van der Waals surface area contributed by atoms with Crippen molar-refractivity contribution < 1.29 is 14.3 Å². The van der Waals surface area contributed by atoms with Gasteiger partial charge in [-0.25, -0.2) is 4.98 Å². The highest BCUT2D eigenvalue weighted by Crippen LogP contribution is 2.26. The summed E-state index contributed by atoms with van der Waals surface area (Å²) in [6.07, 6.45) is 1.01. The molecule has 3 atom stereocenters. The Balaban J connectivity index is 1.79. The van der Waals surface area contributed by atoms with E-state index < -0.39 is 6.04 Å². The van der Waals surface area contributed by atoms with Gasteiger partial charge in [0.2, 0.25) is 11.8 Å². The molecule has 0 aliphatic heterocycles. The number of H-pyrrole nitrogens is 1. The van der Waals surface area contributed by atoms with Crippen molar-refractivity contribution in [1.82, 2.24) is 20.6 Å². The zero-order chi connectivity index (χ0) is 22.4. The van der Waals surface area contributed by atoms with Crippen molar-refractivity contribution in [2.24, 2.45) is 5.92 Å². The lowest BCUT2D eigenvalue weighted by Gasteiger charge is -2.24. The summed E-state index contributed by atoms with van der Waals surface area (Å²) in [6.45, 7) is 5.63. The topological polar surface area (TPSA) is 96.1 Å². The van der Waals surface area contributed by atoms with Gasteiger partial charge in [-0.05, 0) is 35.7 Å². The summed E-state index contributed by atoms with van der Waals surface area (Å²) in [5.74, 6) is 1.30. The molecule has 2 aromatic carbocycles. The molecule has 31 heavy (non-hydrogen) atoms. The Morgan fingerprint density at radius 1 is 1.10 bits per heavy atom. The second-order valence-corrected chi connectivity index (χ2v) is 7.80. The summed E-state index contributed by atoms with van der Waals surface area (Å²) >= 11 is 0. The average molecular weight is 423 g/mol. The Morgan fingerprint density at radius 3 is 2.42 bits per heavy atom. The summed E-state index contributed by atoms with van der Waals surface area (Å²) in [7, 11) is 1.60. The Hall–Kier alpha value is -3.35. The molecule has 164 valence electrons. The number of carbonyl (C=O) groups is 2. The van der Waals surface area contributed by atoms with Crippen LogP contribution in [0, 0.1) is 5.92 Å². The molecule has 3 unspecified atom stereocenters. The van der Waals surface area contributed by atoms with Gasteiger partial charge in [0.1, 0.15) is 11.6 Å². The molecule has 0 saturated heterocycles. The maximum Gasteiger partial charge on any atom is 0.223 e. The van der Waals surface area contributed by atoms with E-state index in [9.17, 15) is 9.59 Å². The van der Waals surface area contributed by atoms with Gasteiger partial charge in [-0.3, -0.25) is 9.59 Å². The average Bonchev–Trinajstić information content (AvgIpc) is 3.20. The first-order valence-corrected chi connectivity index (χ1v) is 10.6. The third kappa shape index (κ3) is 5.63. The standard InChI is InChI=1S/C24H30N4O3/c1-5-15(2)23(24-26-19-8-6-7-9-20(19)27-24)28-22(30)14-21(25-16(3)29)17-10-12-18(31-4)13-11-17/h6-13,15,21,23H,5,14H2,1-4H3,(H,25,29)(H,26,27)(H,28,30). The Bertz CT molecular complexity index is 996. The molecular weight excluding hydrogens is 392 g/mol. The monoisotopic (exact) mass is 422 g/mol. The van der Waals surface area contributed by atoms with E-state index in [1.165, 1.54) is 6.92 Å². The van der Waals surface area contributed by atoms with Gasteiger partial charge < -0.3 is 20.4 Å². The lowest BCUT2D eigenvalue weighted by molar-refractivity contribution is -0.123. The second-order valence-electron chi connectivity index (χ2n) is 7.80. The quantitative estimate of drug-likeness (QED) is 0.485. The van der Waals surface area contributed by atoms with Crippen molar-refractivity contribution in [3.63, 3.8) is 0 Å². The molecule has 0 aliphatic rings. The number of aromatic nitrogens is 2. The third-order valence-corrected chi connectivity index (χ3v) is 5.52. The fraction of sp³-hybridized carbons (Fsp3) is 0.375. The van der Waals surface area contributed by atoms with Crippen molar-refractivity contribution in [3.05, 3.63) is 59.9 Å². The minimum absolute atomic E-state index is 0.124. The molecule has 0 radical (unpaired) electrons. The molecule has 7 nitrogen and oxygen atoms in total.